The molecule has 1 aliphatic rings. The number of carboxylic acids is 1. The van der Waals surface area contributed by atoms with Crippen LogP contribution in [-0.4, -0.2) is 41.8 Å². The van der Waals surface area contributed by atoms with Crippen LogP contribution in [0.4, 0.5) is 0 Å². The van der Waals surface area contributed by atoms with Gasteiger partial charge in [-0.25, -0.2) is 4.79 Å². The molecule has 25 heavy (non-hydrogen) atoms. The number of nitrogens with one attached hydrogen (secondary N) is 1. The number of carboxylic acid groups (broad SMARTS) is 1. The van der Waals surface area contributed by atoms with Crippen molar-refractivity contribution < 1.29 is 24.2 Å². The van der Waals surface area contributed by atoms with E-state index in [-0.39, 0.29) is 19.1 Å². The van der Waals surface area contributed by atoms with Crippen LogP contribution in [0.1, 0.15) is 38.3 Å². The largest absolute Gasteiger partial charge is 0.484 e. The molecule has 1 aliphatic carbocycles. The number of hydrogen-bond acceptors (Lipinski definition) is 4. The van der Waals surface area contributed by atoms with Crippen molar-refractivity contribution in [3.63, 3.8) is 0 Å². The molecular weight excluding hydrogens is 322 g/mol. The normalized spacial score (nSPS) is 24.3. The van der Waals surface area contributed by atoms with Gasteiger partial charge in [0.05, 0.1) is 6.10 Å². The van der Waals surface area contributed by atoms with Crippen LogP contribution in [0, 0.1) is 19.3 Å². The minimum atomic E-state index is -1.34. The highest BCUT2D eigenvalue weighted by atomic mass is 16.5. The van der Waals surface area contributed by atoms with Gasteiger partial charge in [0.2, 0.25) is 0 Å². The lowest BCUT2D eigenvalue weighted by Gasteiger charge is -2.58. The molecule has 0 radical (unpaired) electrons. The third-order valence-corrected chi connectivity index (χ3v) is 5.33. The summed E-state index contributed by atoms with van der Waals surface area (Å²) >= 11 is 0. The van der Waals surface area contributed by atoms with Crippen LogP contribution in [0.15, 0.2) is 18.2 Å². The summed E-state index contributed by atoms with van der Waals surface area (Å²) in [6.45, 7) is 9.71. The Morgan fingerprint density at radius 1 is 1.28 bits per heavy atom. The Labute approximate surface area is 148 Å². The van der Waals surface area contributed by atoms with Crippen LogP contribution >= 0.6 is 0 Å². The Morgan fingerprint density at radius 2 is 1.96 bits per heavy atom. The van der Waals surface area contributed by atoms with Gasteiger partial charge >= 0.3 is 5.97 Å². The Hall–Kier alpha value is -2.08. The molecule has 2 N–H and O–H groups in total. The first kappa shape index (κ1) is 19.2. The van der Waals surface area contributed by atoms with Crippen molar-refractivity contribution >= 4 is 11.9 Å². The molecular formula is C19H27NO5. The van der Waals surface area contributed by atoms with Crippen molar-refractivity contribution in [2.24, 2.45) is 5.41 Å². The molecule has 0 saturated heterocycles. The van der Waals surface area contributed by atoms with Gasteiger partial charge in [-0.2, -0.15) is 0 Å². The SMILES string of the molecule is CCOC1CC(NC(=O)COc2ccc(C)c(C)c2)(C(=O)O)C1(C)C. The van der Waals surface area contributed by atoms with Gasteiger partial charge in [0.15, 0.2) is 6.61 Å². The molecule has 6 heteroatoms. The molecule has 138 valence electrons. The zero-order valence-corrected chi connectivity index (χ0v) is 15.5. The Kier molecular flexibility index (Phi) is 5.42. The number of carbonyl (C=O) groups excluding carboxylic acids is 1. The van der Waals surface area contributed by atoms with Crippen molar-refractivity contribution in [3.8, 4) is 5.75 Å². The number of hydrogen-bond donors (Lipinski definition) is 2. The molecule has 1 aromatic carbocycles. The monoisotopic (exact) mass is 349 g/mol. The maximum Gasteiger partial charge on any atom is 0.330 e. The lowest BCUT2D eigenvalue weighted by Crippen LogP contribution is -2.76. The summed E-state index contributed by atoms with van der Waals surface area (Å²) in [7, 11) is 0. The molecule has 0 aliphatic heterocycles. The molecule has 0 spiro atoms. The Bertz CT molecular complexity index is 670. The Morgan fingerprint density at radius 3 is 2.48 bits per heavy atom. The Balaban J connectivity index is 2.02. The fourth-order valence-corrected chi connectivity index (χ4v) is 3.26. The second-order valence-corrected chi connectivity index (χ2v) is 7.16. The summed E-state index contributed by atoms with van der Waals surface area (Å²) in [5.74, 6) is -0.917. The van der Waals surface area contributed by atoms with Crippen molar-refractivity contribution in [1.29, 1.82) is 0 Å². The summed E-state index contributed by atoms with van der Waals surface area (Å²) in [5.41, 5.74) is 0.168. The molecule has 1 amide bonds. The summed E-state index contributed by atoms with van der Waals surface area (Å²) in [4.78, 5) is 24.1. The maximum absolute atomic E-state index is 12.3. The summed E-state index contributed by atoms with van der Waals surface area (Å²) in [5, 5.41) is 12.4. The number of carbonyl (C=O) groups is 2. The van der Waals surface area contributed by atoms with Crippen molar-refractivity contribution in [2.45, 2.75) is 52.7 Å². The van der Waals surface area contributed by atoms with Gasteiger partial charge in [-0.3, -0.25) is 4.79 Å². The van der Waals surface area contributed by atoms with E-state index in [1.807, 2.05) is 32.9 Å². The molecule has 2 rings (SSSR count). The molecule has 0 heterocycles. The van der Waals surface area contributed by atoms with Gasteiger partial charge in [0.25, 0.3) is 5.91 Å². The predicted octanol–water partition coefficient (Wildman–Crippen LogP) is 2.46. The summed E-state index contributed by atoms with van der Waals surface area (Å²) in [6.07, 6.45) is 0.0491. The third-order valence-electron chi connectivity index (χ3n) is 5.33. The predicted molar refractivity (Wildman–Crippen MR) is 93.7 cm³/mol. The van der Waals surface area contributed by atoms with Crippen LogP contribution in [0.5, 0.6) is 5.75 Å². The zero-order valence-electron chi connectivity index (χ0n) is 15.5. The maximum atomic E-state index is 12.3. The lowest BCUT2D eigenvalue weighted by atomic mass is 9.54. The average molecular weight is 349 g/mol. The van der Waals surface area contributed by atoms with E-state index < -0.39 is 22.8 Å². The van der Waals surface area contributed by atoms with Crippen LogP contribution in [0.3, 0.4) is 0 Å². The number of aliphatic carboxylic acids is 1. The fourth-order valence-electron chi connectivity index (χ4n) is 3.26. The van der Waals surface area contributed by atoms with Crippen LogP contribution in [0.2, 0.25) is 0 Å². The van der Waals surface area contributed by atoms with E-state index in [0.717, 1.165) is 11.1 Å². The van der Waals surface area contributed by atoms with Gasteiger partial charge in [-0.05, 0) is 44.0 Å². The van der Waals surface area contributed by atoms with Crippen LogP contribution in [-0.2, 0) is 14.3 Å². The van der Waals surface area contributed by atoms with Crippen molar-refractivity contribution in [3.05, 3.63) is 29.3 Å². The fraction of sp³-hybridized carbons (Fsp3) is 0.579. The van der Waals surface area contributed by atoms with Gasteiger partial charge < -0.3 is 19.9 Å². The van der Waals surface area contributed by atoms with Crippen molar-refractivity contribution in [1.82, 2.24) is 5.32 Å². The smallest absolute Gasteiger partial charge is 0.330 e. The number of aryl methyl sites for hydroxylation is 2. The first-order chi connectivity index (χ1) is 11.6. The molecule has 0 aromatic heterocycles. The van der Waals surface area contributed by atoms with Gasteiger partial charge in [-0.1, -0.05) is 19.9 Å². The van der Waals surface area contributed by atoms with Gasteiger partial charge in [0.1, 0.15) is 11.3 Å². The molecule has 1 saturated carbocycles. The lowest BCUT2D eigenvalue weighted by molar-refractivity contribution is -0.194. The van der Waals surface area contributed by atoms with Crippen LogP contribution in [0.25, 0.3) is 0 Å². The molecule has 2 unspecified atom stereocenters. The quantitative estimate of drug-likeness (QED) is 0.790. The van der Waals surface area contributed by atoms with Crippen LogP contribution < -0.4 is 10.1 Å². The molecule has 1 aromatic rings. The van der Waals surface area contributed by atoms with E-state index in [1.165, 1.54) is 0 Å². The number of ether oxygens (including phenoxy) is 2. The van der Waals surface area contributed by atoms with Gasteiger partial charge in [-0.15, -0.1) is 0 Å². The van der Waals surface area contributed by atoms with E-state index in [4.69, 9.17) is 9.47 Å². The molecule has 0 bridgehead atoms. The molecule has 6 nitrogen and oxygen atoms in total. The number of rotatable bonds is 7. The van der Waals surface area contributed by atoms with Crippen molar-refractivity contribution in [2.75, 3.05) is 13.2 Å². The van der Waals surface area contributed by atoms with E-state index in [1.54, 1.807) is 19.9 Å². The highest BCUT2D eigenvalue weighted by molar-refractivity contribution is 5.90. The second kappa shape index (κ2) is 7.04. The number of amides is 1. The minimum absolute atomic E-state index is 0.199. The minimum Gasteiger partial charge on any atom is -0.484 e. The first-order valence-corrected chi connectivity index (χ1v) is 8.50. The van der Waals surface area contributed by atoms with E-state index >= 15 is 0 Å². The molecule has 1 fully saturated rings. The standard InChI is InChI=1S/C19H27NO5/c1-6-24-15-10-19(17(22)23,18(15,4)5)20-16(21)11-25-14-8-7-12(2)13(3)9-14/h7-9,15H,6,10-11H2,1-5H3,(H,20,21)(H,22,23). The zero-order chi connectivity index (χ0) is 18.8. The topological polar surface area (TPSA) is 84.9 Å². The summed E-state index contributed by atoms with van der Waals surface area (Å²) in [6, 6.07) is 5.57. The highest BCUT2D eigenvalue weighted by Crippen LogP contribution is 2.51. The highest BCUT2D eigenvalue weighted by Gasteiger charge is 2.66. The molecule has 2 atom stereocenters. The first-order valence-electron chi connectivity index (χ1n) is 8.50. The second-order valence-electron chi connectivity index (χ2n) is 7.16. The van der Waals surface area contributed by atoms with E-state index in [0.29, 0.717) is 12.4 Å². The van der Waals surface area contributed by atoms with Gasteiger partial charge in [0, 0.05) is 18.4 Å². The van der Waals surface area contributed by atoms with E-state index in [2.05, 4.69) is 5.32 Å². The number of benzene rings is 1. The average Bonchev–Trinajstić information content (AvgIpc) is 2.54. The van der Waals surface area contributed by atoms with E-state index in [9.17, 15) is 14.7 Å². The third kappa shape index (κ3) is 3.49. The summed E-state index contributed by atoms with van der Waals surface area (Å²) < 4.78 is 11.1.